The Morgan fingerprint density at radius 1 is 1.28 bits per heavy atom. The number of nitrogens with zero attached hydrogens (tertiary/aromatic N) is 3. The van der Waals surface area contributed by atoms with Crippen LogP contribution in [0.15, 0.2) is 6.20 Å². The molecule has 1 aromatic rings. The Labute approximate surface area is 157 Å². The van der Waals surface area contributed by atoms with E-state index < -0.39 is 10.0 Å². The molecule has 2 atom stereocenters. The molecule has 2 heterocycles. The molecule has 1 aliphatic carbocycles. The van der Waals surface area contributed by atoms with Gasteiger partial charge in [0.2, 0.25) is 10.0 Å². The third-order valence-electron chi connectivity index (χ3n) is 5.22. The number of hydrogen-bond acceptors (Lipinski definition) is 4. The lowest BCUT2D eigenvalue weighted by Gasteiger charge is -2.19. The van der Waals surface area contributed by atoms with Gasteiger partial charge < -0.3 is 0 Å². The first-order valence-electron chi connectivity index (χ1n) is 9.19. The maximum absolute atomic E-state index is 12.3. The predicted molar refractivity (Wildman–Crippen MR) is 102 cm³/mol. The van der Waals surface area contributed by atoms with Gasteiger partial charge in [-0.05, 0) is 39.0 Å². The molecule has 1 saturated heterocycles. The Bertz CT molecular complexity index is 672. The Morgan fingerprint density at radius 3 is 2.56 bits per heavy atom. The van der Waals surface area contributed by atoms with Gasteiger partial charge in [-0.15, -0.1) is 12.4 Å². The van der Waals surface area contributed by atoms with Gasteiger partial charge in [-0.25, -0.2) is 13.1 Å². The Hall–Kier alpha value is -0.630. The first-order valence-corrected chi connectivity index (χ1v) is 10.7. The number of halogens is 1. The van der Waals surface area contributed by atoms with Crippen molar-refractivity contribution in [2.45, 2.75) is 70.8 Å². The van der Waals surface area contributed by atoms with Crippen molar-refractivity contribution in [2.24, 2.45) is 5.92 Å². The van der Waals surface area contributed by atoms with E-state index >= 15 is 0 Å². The lowest BCUT2D eigenvalue weighted by molar-refractivity contribution is 0.311. The highest BCUT2D eigenvalue weighted by Gasteiger charge is 2.41. The molecule has 2 aliphatic rings. The number of aromatic nitrogens is 2. The largest absolute Gasteiger partial charge is 0.297 e. The fourth-order valence-electron chi connectivity index (χ4n) is 3.69. The molecule has 3 rings (SSSR count). The normalized spacial score (nSPS) is 24.4. The van der Waals surface area contributed by atoms with Crippen LogP contribution in [-0.4, -0.2) is 47.5 Å². The van der Waals surface area contributed by atoms with Crippen LogP contribution < -0.4 is 4.72 Å². The summed E-state index contributed by atoms with van der Waals surface area (Å²) in [5.41, 5.74) is 2.32. The first-order chi connectivity index (χ1) is 11.4. The fraction of sp³-hybridized carbons (Fsp3) is 0.824. The van der Waals surface area contributed by atoms with Crippen molar-refractivity contribution in [3.63, 3.8) is 0 Å². The van der Waals surface area contributed by atoms with Gasteiger partial charge in [0.25, 0.3) is 0 Å². The van der Waals surface area contributed by atoms with Crippen LogP contribution in [0.4, 0.5) is 0 Å². The smallest absolute Gasteiger partial charge is 0.214 e. The van der Waals surface area contributed by atoms with E-state index in [1.807, 2.05) is 11.6 Å². The first kappa shape index (κ1) is 20.7. The average molecular weight is 391 g/mol. The number of likely N-dealkylation sites (tertiary alicyclic amines) is 1. The molecule has 0 amide bonds. The molecule has 1 N–H and O–H groups in total. The van der Waals surface area contributed by atoms with Crippen LogP contribution in [-0.2, 0) is 23.1 Å². The summed E-state index contributed by atoms with van der Waals surface area (Å²) in [6.07, 6.45) is 5.92. The summed E-state index contributed by atoms with van der Waals surface area (Å²) in [4.78, 5) is 2.38. The Balaban J connectivity index is 0.00000225. The van der Waals surface area contributed by atoms with Gasteiger partial charge in [-0.1, -0.05) is 13.3 Å². The van der Waals surface area contributed by atoms with E-state index in [1.165, 1.54) is 5.56 Å². The summed E-state index contributed by atoms with van der Waals surface area (Å²) in [6, 6.07) is 0.0528. The van der Waals surface area contributed by atoms with Crippen LogP contribution in [0.3, 0.4) is 0 Å². The molecular weight excluding hydrogens is 360 g/mol. The summed E-state index contributed by atoms with van der Waals surface area (Å²) >= 11 is 0. The van der Waals surface area contributed by atoms with Gasteiger partial charge in [-0.3, -0.25) is 9.58 Å². The second-order valence-electron chi connectivity index (χ2n) is 7.31. The van der Waals surface area contributed by atoms with E-state index in [4.69, 9.17) is 0 Å². The molecule has 0 bridgehead atoms. The molecule has 0 spiro atoms. The van der Waals surface area contributed by atoms with Crippen LogP contribution in [0.5, 0.6) is 0 Å². The van der Waals surface area contributed by atoms with Crippen LogP contribution in [0.25, 0.3) is 0 Å². The number of aryl methyl sites for hydroxylation is 2. The molecule has 1 saturated carbocycles. The maximum atomic E-state index is 12.3. The minimum absolute atomic E-state index is 0. The van der Waals surface area contributed by atoms with Crippen molar-refractivity contribution >= 4 is 22.4 Å². The molecule has 8 heteroatoms. The average Bonchev–Trinajstić information content (AvgIpc) is 3.25. The summed E-state index contributed by atoms with van der Waals surface area (Å²) in [5.74, 6) is 0.407. The van der Waals surface area contributed by atoms with E-state index in [2.05, 4.69) is 34.8 Å². The number of hydrogen-bond donors (Lipinski definition) is 1. The van der Waals surface area contributed by atoms with E-state index in [-0.39, 0.29) is 23.7 Å². The van der Waals surface area contributed by atoms with Crippen molar-refractivity contribution in [1.82, 2.24) is 19.4 Å². The van der Waals surface area contributed by atoms with Crippen molar-refractivity contribution in [1.29, 1.82) is 0 Å². The fourth-order valence-corrected chi connectivity index (χ4v) is 5.33. The summed E-state index contributed by atoms with van der Waals surface area (Å²) in [7, 11) is -3.12. The molecule has 1 aromatic heterocycles. The van der Waals surface area contributed by atoms with Gasteiger partial charge in [0.1, 0.15) is 0 Å². The summed E-state index contributed by atoms with van der Waals surface area (Å²) < 4.78 is 29.6. The second-order valence-corrected chi connectivity index (χ2v) is 9.30. The highest BCUT2D eigenvalue weighted by atomic mass is 35.5. The zero-order valence-electron chi connectivity index (χ0n) is 15.4. The molecule has 2 fully saturated rings. The van der Waals surface area contributed by atoms with Gasteiger partial charge in [0, 0.05) is 44.0 Å². The Kier molecular flexibility index (Phi) is 6.93. The SMILES string of the molecule is CCC[C@H]1CN(Cc2cn(CC)nc2C)C[C@@H]1NS(=O)(=O)C1CC1.Cl. The highest BCUT2D eigenvalue weighted by molar-refractivity contribution is 7.90. The molecule has 0 radical (unpaired) electrons. The lowest BCUT2D eigenvalue weighted by atomic mass is 9.99. The minimum atomic E-state index is -3.12. The lowest BCUT2D eigenvalue weighted by Crippen LogP contribution is -2.42. The van der Waals surface area contributed by atoms with E-state index in [0.717, 1.165) is 57.6 Å². The van der Waals surface area contributed by atoms with E-state index in [1.54, 1.807) is 0 Å². The minimum Gasteiger partial charge on any atom is -0.297 e. The monoisotopic (exact) mass is 390 g/mol. The molecule has 1 aliphatic heterocycles. The third-order valence-corrected chi connectivity index (χ3v) is 7.20. The van der Waals surface area contributed by atoms with Gasteiger partial charge in [0.15, 0.2) is 0 Å². The van der Waals surface area contributed by atoms with Crippen molar-refractivity contribution in [2.75, 3.05) is 13.1 Å². The summed E-state index contributed by atoms with van der Waals surface area (Å²) in [5, 5.41) is 4.37. The summed E-state index contributed by atoms with van der Waals surface area (Å²) in [6.45, 7) is 9.80. The number of rotatable bonds is 8. The zero-order valence-corrected chi connectivity index (χ0v) is 17.1. The van der Waals surface area contributed by atoms with Crippen LogP contribution in [0.1, 0.15) is 50.8 Å². The molecule has 6 nitrogen and oxygen atoms in total. The molecule has 0 aromatic carbocycles. The molecule has 144 valence electrons. The molecule has 0 unspecified atom stereocenters. The second kappa shape index (κ2) is 8.37. The van der Waals surface area contributed by atoms with Gasteiger partial charge in [-0.2, -0.15) is 5.10 Å². The van der Waals surface area contributed by atoms with E-state index in [9.17, 15) is 8.42 Å². The number of nitrogens with one attached hydrogen (secondary N) is 1. The maximum Gasteiger partial charge on any atom is 0.214 e. The van der Waals surface area contributed by atoms with Gasteiger partial charge >= 0.3 is 0 Å². The van der Waals surface area contributed by atoms with Crippen LogP contribution in [0.2, 0.25) is 0 Å². The standard InChI is InChI=1S/C17H30N4O2S.ClH/c1-4-6-14-9-20(10-15-11-21(5-2)18-13(15)3)12-17(14)19-24(22,23)16-7-8-16;/h11,14,16-17,19H,4-10,12H2,1-3H3;1H/t14-,17-;/m0./s1. The number of sulfonamides is 1. The third kappa shape index (κ3) is 4.96. The van der Waals surface area contributed by atoms with E-state index in [0.29, 0.717) is 5.92 Å². The van der Waals surface area contributed by atoms with Crippen LogP contribution in [0, 0.1) is 12.8 Å². The van der Waals surface area contributed by atoms with Crippen molar-refractivity contribution < 1.29 is 8.42 Å². The molecular formula is C17H31ClN4O2S. The quantitative estimate of drug-likeness (QED) is 0.739. The topological polar surface area (TPSA) is 67.2 Å². The van der Waals surface area contributed by atoms with Crippen LogP contribution >= 0.6 is 12.4 Å². The highest BCUT2D eigenvalue weighted by Crippen LogP contribution is 2.30. The zero-order chi connectivity index (χ0) is 17.3. The predicted octanol–water partition coefficient (Wildman–Crippen LogP) is 2.32. The van der Waals surface area contributed by atoms with Crippen molar-refractivity contribution in [3.05, 3.63) is 17.5 Å². The Morgan fingerprint density at radius 2 is 2.00 bits per heavy atom. The molecule has 25 heavy (non-hydrogen) atoms. The van der Waals surface area contributed by atoms with Gasteiger partial charge in [0.05, 0.1) is 10.9 Å². The van der Waals surface area contributed by atoms with Crippen molar-refractivity contribution in [3.8, 4) is 0 Å².